The molecule has 114 valence electrons. The first-order chi connectivity index (χ1) is 10.7. The zero-order valence-corrected chi connectivity index (χ0v) is 13.8. The Balaban J connectivity index is 1.50. The smallest absolute Gasteiger partial charge is 0.0458 e. The maximum absolute atomic E-state index is 5.91. The lowest BCUT2D eigenvalue weighted by Gasteiger charge is -2.04. The SMILES string of the molecule is Cc1[nH]c2ccccc2c1CCCCCc1ccc(Cl)cc1. The van der Waals surface area contributed by atoms with Crippen LogP contribution in [0, 0.1) is 6.92 Å². The van der Waals surface area contributed by atoms with Crippen LogP contribution in [0.25, 0.3) is 10.9 Å². The van der Waals surface area contributed by atoms with Crippen molar-refractivity contribution in [3.8, 4) is 0 Å². The first-order valence-corrected chi connectivity index (χ1v) is 8.42. The maximum atomic E-state index is 5.91. The molecule has 1 heterocycles. The fraction of sp³-hybridized carbons (Fsp3) is 0.300. The summed E-state index contributed by atoms with van der Waals surface area (Å²) in [6.45, 7) is 2.18. The lowest BCUT2D eigenvalue weighted by Crippen LogP contribution is -1.90. The van der Waals surface area contributed by atoms with E-state index >= 15 is 0 Å². The number of aromatic nitrogens is 1. The second-order valence-corrected chi connectivity index (χ2v) is 6.40. The van der Waals surface area contributed by atoms with Crippen molar-refractivity contribution in [2.45, 2.75) is 39.0 Å². The molecule has 22 heavy (non-hydrogen) atoms. The van der Waals surface area contributed by atoms with Gasteiger partial charge in [0.1, 0.15) is 0 Å². The van der Waals surface area contributed by atoms with Gasteiger partial charge >= 0.3 is 0 Å². The molecule has 0 fully saturated rings. The lowest BCUT2D eigenvalue weighted by molar-refractivity contribution is 0.678. The summed E-state index contributed by atoms with van der Waals surface area (Å²) in [4.78, 5) is 3.49. The van der Waals surface area contributed by atoms with E-state index in [2.05, 4.69) is 48.3 Å². The molecule has 1 N–H and O–H groups in total. The zero-order valence-electron chi connectivity index (χ0n) is 13.0. The van der Waals surface area contributed by atoms with Gasteiger partial charge in [-0.05, 0) is 61.9 Å². The monoisotopic (exact) mass is 311 g/mol. The van der Waals surface area contributed by atoms with E-state index in [-0.39, 0.29) is 0 Å². The summed E-state index contributed by atoms with van der Waals surface area (Å²) in [5, 5.41) is 2.20. The van der Waals surface area contributed by atoms with Crippen LogP contribution >= 0.6 is 11.6 Å². The molecule has 0 radical (unpaired) electrons. The summed E-state index contributed by atoms with van der Waals surface area (Å²) < 4.78 is 0. The fourth-order valence-corrected chi connectivity index (χ4v) is 3.24. The van der Waals surface area contributed by atoms with Crippen molar-refractivity contribution in [1.82, 2.24) is 4.98 Å². The average Bonchev–Trinajstić information content (AvgIpc) is 2.85. The molecule has 0 amide bonds. The molecule has 0 aliphatic rings. The van der Waals surface area contributed by atoms with E-state index < -0.39 is 0 Å². The number of hydrogen-bond donors (Lipinski definition) is 1. The summed E-state index contributed by atoms with van der Waals surface area (Å²) in [5.41, 5.74) is 5.45. The van der Waals surface area contributed by atoms with Crippen molar-refractivity contribution in [3.63, 3.8) is 0 Å². The number of aryl methyl sites for hydroxylation is 3. The first kappa shape index (κ1) is 15.2. The Bertz CT molecular complexity index is 740. The Morgan fingerprint density at radius 2 is 1.59 bits per heavy atom. The van der Waals surface area contributed by atoms with Gasteiger partial charge < -0.3 is 4.98 Å². The maximum Gasteiger partial charge on any atom is 0.0458 e. The third-order valence-corrected chi connectivity index (χ3v) is 4.58. The molecule has 1 nitrogen and oxygen atoms in total. The molecule has 0 aliphatic heterocycles. The van der Waals surface area contributed by atoms with Gasteiger partial charge in [-0.3, -0.25) is 0 Å². The molecule has 0 atom stereocenters. The molecule has 3 aromatic rings. The summed E-state index contributed by atoms with van der Waals surface area (Å²) in [5.74, 6) is 0. The minimum Gasteiger partial charge on any atom is -0.358 e. The number of para-hydroxylation sites is 1. The quantitative estimate of drug-likeness (QED) is 0.530. The topological polar surface area (TPSA) is 15.8 Å². The predicted molar refractivity (Wildman–Crippen MR) is 95.7 cm³/mol. The van der Waals surface area contributed by atoms with Crippen LogP contribution in [0.3, 0.4) is 0 Å². The highest BCUT2D eigenvalue weighted by Gasteiger charge is 2.07. The summed E-state index contributed by atoms with van der Waals surface area (Å²) in [6, 6.07) is 16.8. The van der Waals surface area contributed by atoms with Crippen LogP contribution in [-0.2, 0) is 12.8 Å². The molecule has 0 saturated heterocycles. The number of benzene rings is 2. The fourth-order valence-electron chi connectivity index (χ4n) is 3.12. The molecular weight excluding hydrogens is 290 g/mol. The van der Waals surface area contributed by atoms with E-state index in [1.54, 1.807) is 0 Å². The molecule has 2 aromatic carbocycles. The Labute approximate surface area is 137 Å². The summed E-state index contributed by atoms with van der Waals surface area (Å²) >= 11 is 5.91. The lowest BCUT2D eigenvalue weighted by atomic mass is 10.0. The molecule has 0 bridgehead atoms. The minimum atomic E-state index is 0.818. The highest BCUT2D eigenvalue weighted by Crippen LogP contribution is 2.23. The predicted octanol–water partition coefficient (Wildman–Crippen LogP) is 6.09. The van der Waals surface area contributed by atoms with Crippen molar-refractivity contribution >= 4 is 22.5 Å². The van der Waals surface area contributed by atoms with E-state index in [1.807, 2.05) is 12.1 Å². The molecular formula is C20H22ClN. The number of halogens is 1. The van der Waals surface area contributed by atoms with Crippen LogP contribution in [0.2, 0.25) is 5.02 Å². The molecule has 0 spiro atoms. The van der Waals surface area contributed by atoms with E-state index in [0.717, 1.165) is 17.9 Å². The van der Waals surface area contributed by atoms with E-state index in [9.17, 15) is 0 Å². The van der Waals surface area contributed by atoms with Crippen molar-refractivity contribution in [1.29, 1.82) is 0 Å². The third kappa shape index (κ3) is 3.53. The van der Waals surface area contributed by atoms with Crippen LogP contribution in [0.5, 0.6) is 0 Å². The van der Waals surface area contributed by atoms with Gasteiger partial charge in [0, 0.05) is 21.6 Å². The molecule has 0 saturated carbocycles. The van der Waals surface area contributed by atoms with Gasteiger partial charge in [0.25, 0.3) is 0 Å². The van der Waals surface area contributed by atoms with E-state index in [4.69, 9.17) is 11.6 Å². The normalized spacial score (nSPS) is 11.2. The minimum absolute atomic E-state index is 0.818. The second kappa shape index (κ2) is 7.02. The number of rotatable bonds is 6. The number of unbranched alkanes of at least 4 members (excludes halogenated alkanes) is 2. The van der Waals surface area contributed by atoms with Gasteiger partial charge in [-0.15, -0.1) is 0 Å². The Hall–Kier alpha value is -1.73. The van der Waals surface area contributed by atoms with Crippen molar-refractivity contribution in [2.24, 2.45) is 0 Å². The largest absolute Gasteiger partial charge is 0.358 e. The number of aromatic amines is 1. The number of H-pyrrole nitrogens is 1. The highest BCUT2D eigenvalue weighted by molar-refractivity contribution is 6.30. The zero-order chi connectivity index (χ0) is 15.4. The molecule has 3 rings (SSSR count). The summed E-state index contributed by atoms with van der Waals surface area (Å²) in [7, 11) is 0. The van der Waals surface area contributed by atoms with Crippen molar-refractivity contribution in [2.75, 3.05) is 0 Å². The van der Waals surface area contributed by atoms with Gasteiger partial charge in [-0.1, -0.05) is 48.4 Å². The average molecular weight is 312 g/mol. The standard InChI is InChI=1S/C20H22ClN/c1-15-18(19-9-5-6-10-20(19)22-15)8-4-2-3-7-16-11-13-17(21)14-12-16/h5-6,9-14,22H,2-4,7-8H2,1H3. The number of hydrogen-bond acceptors (Lipinski definition) is 0. The van der Waals surface area contributed by atoms with Gasteiger partial charge in [0.05, 0.1) is 0 Å². The Morgan fingerprint density at radius 1 is 0.864 bits per heavy atom. The van der Waals surface area contributed by atoms with Gasteiger partial charge in [0.15, 0.2) is 0 Å². The van der Waals surface area contributed by atoms with Crippen LogP contribution in [0.4, 0.5) is 0 Å². The highest BCUT2D eigenvalue weighted by atomic mass is 35.5. The Morgan fingerprint density at radius 3 is 2.41 bits per heavy atom. The van der Waals surface area contributed by atoms with Crippen LogP contribution in [0.15, 0.2) is 48.5 Å². The number of fused-ring (bicyclic) bond motifs is 1. The van der Waals surface area contributed by atoms with Gasteiger partial charge in [-0.25, -0.2) is 0 Å². The third-order valence-electron chi connectivity index (χ3n) is 4.33. The second-order valence-electron chi connectivity index (χ2n) is 5.96. The van der Waals surface area contributed by atoms with Crippen LogP contribution in [0.1, 0.15) is 36.1 Å². The van der Waals surface area contributed by atoms with E-state index in [0.29, 0.717) is 0 Å². The van der Waals surface area contributed by atoms with Crippen molar-refractivity contribution in [3.05, 3.63) is 70.4 Å². The molecule has 0 unspecified atom stereocenters. The van der Waals surface area contributed by atoms with E-state index in [1.165, 1.54) is 47.0 Å². The molecule has 0 aliphatic carbocycles. The molecule has 1 aromatic heterocycles. The van der Waals surface area contributed by atoms with Crippen LogP contribution < -0.4 is 0 Å². The van der Waals surface area contributed by atoms with Gasteiger partial charge in [0.2, 0.25) is 0 Å². The van der Waals surface area contributed by atoms with Crippen LogP contribution in [-0.4, -0.2) is 4.98 Å². The first-order valence-electron chi connectivity index (χ1n) is 8.04. The Kier molecular flexibility index (Phi) is 4.84. The van der Waals surface area contributed by atoms with Gasteiger partial charge in [-0.2, -0.15) is 0 Å². The van der Waals surface area contributed by atoms with Crippen molar-refractivity contribution < 1.29 is 0 Å². The molecule has 2 heteroatoms. The number of nitrogens with one attached hydrogen (secondary N) is 1. The summed E-state index contributed by atoms with van der Waals surface area (Å²) in [6.07, 6.45) is 6.06.